The zero-order valence-electron chi connectivity index (χ0n) is 10.6. The van der Waals surface area contributed by atoms with Gasteiger partial charge in [-0.1, -0.05) is 20.8 Å². The van der Waals surface area contributed by atoms with E-state index in [2.05, 4.69) is 25.8 Å². The fourth-order valence-electron chi connectivity index (χ4n) is 1.66. The van der Waals surface area contributed by atoms with E-state index in [-0.39, 0.29) is 11.0 Å². The van der Waals surface area contributed by atoms with Crippen molar-refractivity contribution in [3.8, 4) is 0 Å². The summed E-state index contributed by atoms with van der Waals surface area (Å²) in [5.74, 6) is -0.476. The Balaban J connectivity index is 2.33. The second kappa shape index (κ2) is 4.78. The molecular formula is C14H16FNOS. The molecule has 0 saturated heterocycles. The Bertz CT molecular complexity index is 545. The number of pyridine rings is 1. The fraction of sp³-hybridized carbons (Fsp3) is 0.357. The number of aromatic nitrogens is 1. The van der Waals surface area contributed by atoms with Crippen LogP contribution in [0.4, 0.5) is 4.39 Å². The Morgan fingerprint density at radius 1 is 1.28 bits per heavy atom. The maximum atomic E-state index is 13.5. The van der Waals surface area contributed by atoms with E-state index in [0.717, 1.165) is 11.1 Å². The molecular weight excluding hydrogens is 249 g/mol. The van der Waals surface area contributed by atoms with E-state index in [1.165, 1.54) is 28.5 Å². The van der Waals surface area contributed by atoms with E-state index in [1.54, 1.807) is 0 Å². The summed E-state index contributed by atoms with van der Waals surface area (Å²) in [5, 5.41) is 10.2. The summed E-state index contributed by atoms with van der Waals surface area (Å²) < 4.78 is 13.5. The van der Waals surface area contributed by atoms with Crippen molar-refractivity contribution in [3.05, 3.63) is 51.7 Å². The van der Waals surface area contributed by atoms with Crippen molar-refractivity contribution in [3.63, 3.8) is 0 Å². The van der Waals surface area contributed by atoms with Crippen molar-refractivity contribution in [1.29, 1.82) is 0 Å². The van der Waals surface area contributed by atoms with Crippen LogP contribution >= 0.6 is 11.3 Å². The number of hydrogen-bond acceptors (Lipinski definition) is 3. The molecule has 0 amide bonds. The molecule has 2 aromatic rings. The average molecular weight is 265 g/mol. The third-order valence-electron chi connectivity index (χ3n) is 2.73. The molecule has 2 heterocycles. The lowest BCUT2D eigenvalue weighted by atomic mass is 9.95. The molecule has 96 valence electrons. The highest BCUT2D eigenvalue weighted by Gasteiger charge is 2.21. The summed E-state index contributed by atoms with van der Waals surface area (Å²) in [6.45, 7) is 6.34. The second-order valence-corrected chi connectivity index (χ2v) is 6.37. The minimum Gasteiger partial charge on any atom is -0.383 e. The molecule has 0 saturated carbocycles. The average Bonchev–Trinajstić information content (AvgIpc) is 2.77. The molecule has 0 bridgehead atoms. The first-order chi connectivity index (χ1) is 8.39. The molecule has 1 unspecified atom stereocenters. The summed E-state index contributed by atoms with van der Waals surface area (Å²) in [6.07, 6.45) is 1.69. The van der Waals surface area contributed by atoms with Gasteiger partial charge in [-0.2, -0.15) is 0 Å². The topological polar surface area (TPSA) is 33.1 Å². The fourth-order valence-corrected chi connectivity index (χ4v) is 2.73. The van der Waals surface area contributed by atoms with Crippen LogP contribution in [0.3, 0.4) is 0 Å². The zero-order valence-corrected chi connectivity index (χ0v) is 11.5. The molecule has 2 aromatic heterocycles. The Morgan fingerprint density at radius 2 is 2.00 bits per heavy atom. The first kappa shape index (κ1) is 13.2. The van der Waals surface area contributed by atoms with Crippen molar-refractivity contribution in [2.45, 2.75) is 32.3 Å². The van der Waals surface area contributed by atoms with Gasteiger partial charge in [-0.25, -0.2) is 4.39 Å². The normalized spacial score (nSPS) is 13.6. The maximum Gasteiger partial charge on any atom is 0.147 e. The molecule has 0 aromatic carbocycles. The monoisotopic (exact) mass is 265 g/mol. The first-order valence-electron chi connectivity index (χ1n) is 5.77. The molecule has 0 aliphatic rings. The molecule has 18 heavy (non-hydrogen) atoms. The van der Waals surface area contributed by atoms with Gasteiger partial charge in [0.1, 0.15) is 11.9 Å². The smallest absolute Gasteiger partial charge is 0.147 e. The standard InChI is InChI=1S/C14H16FNOS/c1-14(2,3)12-5-4-11(18-12)13(17)9-6-7-16-8-10(9)15/h4-8,13,17H,1-3H3. The third-order valence-corrected chi connectivity index (χ3v) is 4.30. The molecule has 1 atom stereocenters. The minimum absolute atomic E-state index is 0.0411. The van der Waals surface area contributed by atoms with Crippen LogP contribution in [0.2, 0.25) is 0 Å². The largest absolute Gasteiger partial charge is 0.383 e. The SMILES string of the molecule is CC(C)(C)c1ccc(C(O)c2ccncc2F)s1. The molecule has 1 N–H and O–H groups in total. The van der Waals surface area contributed by atoms with Gasteiger partial charge in [-0.05, 0) is 23.6 Å². The van der Waals surface area contributed by atoms with Gasteiger partial charge in [0.15, 0.2) is 0 Å². The van der Waals surface area contributed by atoms with Crippen LogP contribution < -0.4 is 0 Å². The molecule has 0 radical (unpaired) electrons. The summed E-state index contributed by atoms with van der Waals surface area (Å²) in [6, 6.07) is 5.36. The van der Waals surface area contributed by atoms with Gasteiger partial charge in [0, 0.05) is 21.5 Å². The van der Waals surface area contributed by atoms with Crippen LogP contribution in [-0.4, -0.2) is 10.1 Å². The predicted octanol–water partition coefficient (Wildman–Crippen LogP) is 3.66. The molecule has 2 rings (SSSR count). The van der Waals surface area contributed by atoms with Crippen LogP contribution in [0, 0.1) is 5.82 Å². The third kappa shape index (κ3) is 2.60. The molecule has 4 heteroatoms. The van der Waals surface area contributed by atoms with Gasteiger partial charge in [0.05, 0.1) is 6.20 Å². The summed E-state index contributed by atoms with van der Waals surface area (Å²) >= 11 is 1.51. The minimum atomic E-state index is -0.922. The van der Waals surface area contributed by atoms with Crippen LogP contribution in [0.1, 0.15) is 42.2 Å². The molecule has 0 aliphatic heterocycles. The van der Waals surface area contributed by atoms with Crippen LogP contribution in [0.5, 0.6) is 0 Å². The summed E-state index contributed by atoms with van der Waals surface area (Å²) in [4.78, 5) is 5.61. The van der Waals surface area contributed by atoms with Crippen molar-refractivity contribution < 1.29 is 9.50 Å². The highest BCUT2D eigenvalue weighted by atomic mass is 32.1. The van der Waals surface area contributed by atoms with Crippen molar-refractivity contribution in [2.24, 2.45) is 0 Å². The van der Waals surface area contributed by atoms with Gasteiger partial charge >= 0.3 is 0 Å². The van der Waals surface area contributed by atoms with Crippen LogP contribution in [0.15, 0.2) is 30.6 Å². The summed E-state index contributed by atoms with van der Waals surface area (Å²) in [7, 11) is 0. The number of halogens is 1. The van der Waals surface area contributed by atoms with Crippen molar-refractivity contribution in [2.75, 3.05) is 0 Å². The lowest BCUT2D eigenvalue weighted by Gasteiger charge is -2.15. The van der Waals surface area contributed by atoms with Crippen molar-refractivity contribution in [1.82, 2.24) is 4.98 Å². The van der Waals surface area contributed by atoms with E-state index < -0.39 is 11.9 Å². The maximum absolute atomic E-state index is 13.5. The Labute approximate surface area is 110 Å². The molecule has 0 spiro atoms. The van der Waals surface area contributed by atoms with Gasteiger partial charge in [-0.15, -0.1) is 11.3 Å². The highest BCUT2D eigenvalue weighted by molar-refractivity contribution is 7.12. The molecule has 0 fully saturated rings. The van der Waals surface area contributed by atoms with Gasteiger partial charge in [0.2, 0.25) is 0 Å². The van der Waals surface area contributed by atoms with Gasteiger partial charge < -0.3 is 5.11 Å². The Kier molecular flexibility index (Phi) is 3.50. The highest BCUT2D eigenvalue weighted by Crippen LogP contribution is 2.34. The second-order valence-electron chi connectivity index (χ2n) is 5.25. The number of rotatable bonds is 2. The number of nitrogens with zero attached hydrogens (tertiary/aromatic N) is 1. The molecule has 0 aliphatic carbocycles. The van der Waals surface area contributed by atoms with E-state index in [0.29, 0.717) is 0 Å². The van der Waals surface area contributed by atoms with Crippen molar-refractivity contribution >= 4 is 11.3 Å². The molecule has 2 nitrogen and oxygen atoms in total. The summed E-state index contributed by atoms with van der Waals surface area (Å²) in [5.41, 5.74) is 0.312. The lowest BCUT2D eigenvalue weighted by Crippen LogP contribution is -2.08. The quantitative estimate of drug-likeness (QED) is 0.899. The van der Waals surface area contributed by atoms with Gasteiger partial charge in [0.25, 0.3) is 0 Å². The van der Waals surface area contributed by atoms with E-state index in [9.17, 15) is 9.50 Å². The Morgan fingerprint density at radius 3 is 2.56 bits per heavy atom. The first-order valence-corrected chi connectivity index (χ1v) is 6.59. The van der Waals surface area contributed by atoms with Gasteiger partial charge in [-0.3, -0.25) is 4.98 Å². The van der Waals surface area contributed by atoms with E-state index in [4.69, 9.17) is 0 Å². The van der Waals surface area contributed by atoms with Crippen LogP contribution in [0.25, 0.3) is 0 Å². The van der Waals surface area contributed by atoms with E-state index in [1.807, 2.05) is 12.1 Å². The number of aliphatic hydroxyl groups is 1. The lowest BCUT2D eigenvalue weighted by molar-refractivity contribution is 0.218. The van der Waals surface area contributed by atoms with E-state index >= 15 is 0 Å². The van der Waals surface area contributed by atoms with Crippen LogP contribution in [-0.2, 0) is 5.41 Å². The number of thiophene rings is 1. The predicted molar refractivity (Wildman–Crippen MR) is 71.3 cm³/mol. The number of aliphatic hydroxyl groups excluding tert-OH is 1. The number of hydrogen-bond donors (Lipinski definition) is 1. The zero-order chi connectivity index (χ0) is 13.3. The Hall–Kier alpha value is -1.26.